The van der Waals surface area contributed by atoms with Crippen LogP contribution in [0.3, 0.4) is 0 Å². The van der Waals surface area contributed by atoms with Crippen molar-refractivity contribution in [3.8, 4) is 0 Å². The number of amides is 1. The number of aromatic nitrogens is 2. The minimum atomic E-state index is -3.26. The van der Waals surface area contributed by atoms with Crippen molar-refractivity contribution in [3.63, 3.8) is 0 Å². The van der Waals surface area contributed by atoms with Gasteiger partial charge in [0.15, 0.2) is 9.84 Å². The fourth-order valence-corrected chi connectivity index (χ4v) is 4.27. The van der Waals surface area contributed by atoms with Gasteiger partial charge in [-0.25, -0.2) is 13.4 Å². The van der Waals surface area contributed by atoms with Gasteiger partial charge >= 0.3 is 0 Å². The largest absolute Gasteiger partial charge is 0.350 e. The van der Waals surface area contributed by atoms with E-state index >= 15 is 0 Å². The smallest absolute Gasteiger partial charge is 0.240 e. The third-order valence-electron chi connectivity index (χ3n) is 3.88. The van der Waals surface area contributed by atoms with Crippen molar-refractivity contribution in [1.29, 1.82) is 0 Å². The monoisotopic (exact) mass is 379 g/mol. The molecule has 1 heterocycles. The van der Waals surface area contributed by atoms with Gasteiger partial charge < -0.3 is 9.88 Å². The lowest BCUT2D eigenvalue weighted by Crippen LogP contribution is -2.47. The van der Waals surface area contributed by atoms with Crippen LogP contribution in [0.25, 0.3) is 11.0 Å². The van der Waals surface area contributed by atoms with Crippen LogP contribution in [0.2, 0.25) is 0 Å². The first-order valence-electron chi connectivity index (χ1n) is 8.69. The fourth-order valence-electron chi connectivity index (χ4n) is 3.58. The average Bonchev–Trinajstić information content (AvgIpc) is 2.71. The number of nitrogens with zero attached hydrogens (tertiary/aromatic N) is 2. The number of rotatable bonds is 6. The molecule has 1 aromatic heterocycles. The first-order chi connectivity index (χ1) is 11.8. The molecule has 0 fully saturated rings. The van der Waals surface area contributed by atoms with Crippen molar-refractivity contribution in [2.75, 3.05) is 6.26 Å². The highest BCUT2D eigenvalue weighted by molar-refractivity contribution is 7.89. The van der Waals surface area contributed by atoms with Crippen LogP contribution in [0.4, 0.5) is 0 Å². The van der Waals surface area contributed by atoms with E-state index in [9.17, 15) is 13.2 Å². The lowest BCUT2D eigenvalue weighted by Gasteiger charge is -2.33. The zero-order chi connectivity index (χ0) is 19.8. The van der Waals surface area contributed by atoms with Crippen molar-refractivity contribution in [1.82, 2.24) is 14.9 Å². The standard InChI is InChI=1S/C19H29N3O3S/c1-18(2,3)13-19(4,5)21-17(23)11-22-15-10-8-7-9-14(15)20-16(22)12-26(6,24)25/h7-10H,11-13H2,1-6H3,(H,21,23). The molecule has 144 valence electrons. The Morgan fingerprint density at radius 2 is 1.77 bits per heavy atom. The van der Waals surface area contributed by atoms with Crippen LogP contribution in [0, 0.1) is 5.41 Å². The third-order valence-corrected chi connectivity index (χ3v) is 4.66. The average molecular weight is 380 g/mol. The summed E-state index contributed by atoms with van der Waals surface area (Å²) in [5.74, 6) is 0.0370. The predicted molar refractivity (Wildman–Crippen MR) is 105 cm³/mol. The number of fused-ring (bicyclic) bond motifs is 1. The molecule has 2 aromatic rings. The lowest BCUT2D eigenvalue weighted by atomic mass is 9.82. The molecule has 0 radical (unpaired) electrons. The summed E-state index contributed by atoms with van der Waals surface area (Å²) < 4.78 is 25.2. The Morgan fingerprint density at radius 3 is 2.35 bits per heavy atom. The fraction of sp³-hybridized carbons (Fsp3) is 0.579. The van der Waals surface area contributed by atoms with Crippen LogP contribution >= 0.6 is 0 Å². The highest BCUT2D eigenvalue weighted by Gasteiger charge is 2.27. The predicted octanol–water partition coefficient (Wildman–Crippen LogP) is 2.91. The molecule has 0 spiro atoms. The van der Waals surface area contributed by atoms with Gasteiger partial charge in [-0.05, 0) is 37.8 Å². The molecular weight excluding hydrogens is 350 g/mol. The maximum atomic E-state index is 12.7. The molecule has 26 heavy (non-hydrogen) atoms. The van der Waals surface area contributed by atoms with Crippen molar-refractivity contribution < 1.29 is 13.2 Å². The molecule has 0 atom stereocenters. The number of nitrogens with one attached hydrogen (secondary N) is 1. The quantitative estimate of drug-likeness (QED) is 0.837. The van der Waals surface area contributed by atoms with Gasteiger partial charge in [-0.1, -0.05) is 32.9 Å². The van der Waals surface area contributed by atoms with Gasteiger partial charge in [0.1, 0.15) is 18.1 Å². The normalized spacial score (nSPS) is 13.2. The second kappa shape index (κ2) is 7.02. The molecule has 6 nitrogen and oxygen atoms in total. The molecule has 1 aromatic carbocycles. The summed E-state index contributed by atoms with van der Waals surface area (Å²) in [5.41, 5.74) is 1.17. The Hall–Kier alpha value is -1.89. The number of carbonyl (C=O) groups is 1. The number of para-hydroxylation sites is 2. The number of benzene rings is 1. The highest BCUT2D eigenvalue weighted by atomic mass is 32.2. The number of imidazole rings is 1. The molecular formula is C19H29N3O3S. The lowest BCUT2D eigenvalue weighted by molar-refractivity contribution is -0.123. The van der Waals surface area contributed by atoms with Crippen LogP contribution < -0.4 is 5.32 Å². The second-order valence-corrected chi connectivity index (χ2v) is 11.0. The summed E-state index contributed by atoms with van der Waals surface area (Å²) in [6.45, 7) is 10.4. The van der Waals surface area contributed by atoms with E-state index in [2.05, 4.69) is 31.1 Å². The zero-order valence-corrected chi connectivity index (χ0v) is 17.3. The summed E-state index contributed by atoms with van der Waals surface area (Å²) in [5, 5.41) is 3.07. The van der Waals surface area contributed by atoms with E-state index in [1.807, 2.05) is 38.1 Å². The van der Waals surface area contributed by atoms with Crippen molar-refractivity contribution in [3.05, 3.63) is 30.1 Å². The van der Waals surface area contributed by atoms with Crippen LogP contribution in [0.1, 0.15) is 46.9 Å². The van der Waals surface area contributed by atoms with Gasteiger partial charge in [0, 0.05) is 11.8 Å². The minimum absolute atomic E-state index is 0.0406. The van der Waals surface area contributed by atoms with Gasteiger partial charge in [-0.2, -0.15) is 0 Å². The first-order valence-corrected chi connectivity index (χ1v) is 10.7. The highest BCUT2D eigenvalue weighted by Crippen LogP contribution is 2.27. The summed E-state index contributed by atoms with van der Waals surface area (Å²) in [6, 6.07) is 7.36. The van der Waals surface area contributed by atoms with E-state index in [1.54, 1.807) is 4.57 Å². The molecule has 0 unspecified atom stereocenters. The number of hydrogen-bond acceptors (Lipinski definition) is 4. The summed E-state index contributed by atoms with van der Waals surface area (Å²) in [7, 11) is -3.26. The van der Waals surface area contributed by atoms with Crippen molar-refractivity contribution in [2.24, 2.45) is 5.41 Å². The minimum Gasteiger partial charge on any atom is -0.350 e. The number of carbonyl (C=O) groups excluding carboxylic acids is 1. The molecule has 1 N–H and O–H groups in total. The second-order valence-electron chi connectivity index (χ2n) is 8.84. The van der Waals surface area contributed by atoms with Crippen LogP contribution in [0.15, 0.2) is 24.3 Å². The Morgan fingerprint density at radius 1 is 1.15 bits per heavy atom. The molecule has 1 amide bonds. The summed E-state index contributed by atoms with van der Waals surface area (Å²) >= 11 is 0. The van der Waals surface area contributed by atoms with Gasteiger partial charge in [0.2, 0.25) is 5.91 Å². The Balaban J connectivity index is 2.29. The van der Waals surface area contributed by atoms with Gasteiger partial charge in [0.05, 0.1) is 11.0 Å². The first kappa shape index (κ1) is 20.4. The van der Waals surface area contributed by atoms with Gasteiger partial charge in [0.25, 0.3) is 0 Å². The molecule has 0 saturated carbocycles. The molecule has 0 aliphatic heterocycles. The van der Waals surface area contributed by atoms with Crippen molar-refractivity contribution >= 4 is 26.8 Å². The van der Waals surface area contributed by atoms with E-state index < -0.39 is 9.84 Å². The number of hydrogen-bond donors (Lipinski definition) is 1. The molecule has 0 aliphatic carbocycles. The Labute approximate surface area is 155 Å². The molecule has 2 rings (SSSR count). The number of sulfone groups is 1. The molecule has 0 bridgehead atoms. The van der Waals surface area contributed by atoms with Crippen molar-refractivity contribution in [2.45, 2.75) is 58.9 Å². The molecule has 7 heteroatoms. The van der Waals surface area contributed by atoms with E-state index in [0.29, 0.717) is 11.3 Å². The Kier molecular flexibility index (Phi) is 5.52. The molecule has 0 saturated heterocycles. The topological polar surface area (TPSA) is 81.1 Å². The molecule has 0 aliphatic rings. The summed E-state index contributed by atoms with van der Waals surface area (Å²) in [6.07, 6.45) is 2.00. The van der Waals surface area contributed by atoms with Crippen LogP contribution in [-0.4, -0.2) is 35.7 Å². The van der Waals surface area contributed by atoms with Gasteiger partial charge in [-0.15, -0.1) is 0 Å². The Bertz CT molecular complexity index is 906. The van der Waals surface area contributed by atoms with Crippen LogP contribution in [0.5, 0.6) is 0 Å². The van der Waals surface area contributed by atoms with Gasteiger partial charge in [-0.3, -0.25) is 4.79 Å². The van der Waals surface area contributed by atoms with E-state index in [4.69, 9.17) is 0 Å². The van der Waals surface area contributed by atoms with E-state index in [-0.39, 0.29) is 29.2 Å². The van der Waals surface area contributed by atoms with Crippen LogP contribution in [-0.2, 0) is 26.9 Å². The zero-order valence-electron chi connectivity index (χ0n) is 16.5. The van der Waals surface area contributed by atoms with E-state index in [0.717, 1.165) is 11.9 Å². The van der Waals surface area contributed by atoms with E-state index in [1.165, 1.54) is 6.26 Å². The SMILES string of the molecule is CC(C)(C)CC(C)(C)NC(=O)Cn1c(CS(C)(=O)=O)nc2ccccc21. The third kappa shape index (κ3) is 5.83. The maximum absolute atomic E-state index is 12.7. The maximum Gasteiger partial charge on any atom is 0.240 e. The summed E-state index contributed by atoms with van der Waals surface area (Å²) in [4.78, 5) is 17.1.